The Hall–Kier alpha value is -2.47. The Balaban J connectivity index is 1.53. The van der Waals surface area contributed by atoms with Crippen molar-refractivity contribution in [1.29, 1.82) is 0 Å². The molecule has 0 spiro atoms. The van der Waals surface area contributed by atoms with Gasteiger partial charge in [0.1, 0.15) is 0 Å². The maximum atomic E-state index is 12.5. The molecule has 0 radical (unpaired) electrons. The summed E-state index contributed by atoms with van der Waals surface area (Å²) in [6.45, 7) is 8.23. The van der Waals surface area contributed by atoms with Gasteiger partial charge in [0.2, 0.25) is 5.95 Å². The van der Waals surface area contributed by atoms with Crippen LogP contribution in [-0.4, -0.2) is 48.6 Å². The van der Waals surface area contributed by atoms with Crippen LogP contribution in [0.15, 0.2) is 36.7 Å². The summed E-state index contributed by atoms with van der Waals surface area (Å²) in [6.07, 6.45) is 4.45. The molecule has 1 saturated heterocycles. The number of carbonyl (C=O) groups is 1. The molecule has 6 nitrogen and oxygen atoms in total. The summed E-state index contributed by atoms with van der Waals surface area (Å²) in [7, 11) is 0. The lowest BCUT2D eigenvalue weighted by molar-refractivity contribution is -0.892. The second kappa shape index (κ2) is 8.07. The van der Waals surface area contributed by atoms with E-state index in [9.17, 15) is 4.79 Å². The first kappa shape index (κ1) is 17.4. The molecule has 6 heteroatoms. The third-order valence-corrected chi connectivity index (χ3v) is 4.72. The number of hydrogen-bond donors (Lipinski definition) is 2. The molecule has 1 fully saturated rings. The minimum atomic E-state index is 0.0865. The molecule has 132 valence electrons. The van der Waals surface area contributed by atoms with E-state index in [1.54, 1.807) is 12.4 Å². The molecule has 0 bridgehead atoms. The Kier molecular flexibility index (Phi) is 5.60. The van der Waals surface area contributed by atoms with Crippen LogP contribution >= 0.6 is 0 Å². The van der Waals surface area contributed by atoms with E-state index in [4.69, 9.17) is 0 Å². The first-order chi connectivity index (χ1) is 12.2. The lowest BCUT2D eigenvalue weighted by Crippen LogP contribution is -3.15. The molecule has 0 atom stereocenters. The Labute approximate surface area is 148 Å². The molecule has 1 aromatic heterocycles. The van der Waals surface area contributed by atoms with Crippen LogP contribution in [0.5, 0.6) is 0 Å². The summed E-state index contributed by atoms with van der Waals surface area (Å²) in [5.41, 5.74) is 3.29. The number of quaternary nitrogens is 1. The molecule has 2 N–H and O–H groups in total. The van der Waals surface area contributed by atoms with Gasteiger partial charge in [0, 0.05) is 18.1 Å². The Morgan fingerprint density at radius 1 is 1.20 bits per heavy atom. The van der Waals surface area contributed by atoms with Crippen LogP contribution in [0.25, 0.3) is 0 Å². The van der Waals surface area contributed by atoms with Gasteiger partial charge in [-0.3, -0.25) is 4.79 Å². The predicted molar refractivity (Wildman–Crippen MR) is 99.0 cm³/mol. The third kappa shape index (κ3) is 4.33. The zero-order valence-corrected chi connectivity index (χ0v) is 15.0. The lowest BCUT2D eigenvalue weighted by atomic mass is 10.1. The fourth-order valence-corrected chi connectivity index (χ4v) is 3.27. The summed E-state index contributed by atoms with van der Waals surface area (Å²) < 4.78 is 0. The smallest absolute Gasteiger partial charge is 0.279 e. The number of nitrogens with one attached hydrogen (secondary N) is 2. The Morgan fingerprint density at radius 2 is 1.92 bits per heavy atom. The SMILES string of the molecule is CCc1cccc(C)c1NC(=O)C[NH+]1CCN(c2ncccn2)CC1. The maximum absolute atomic E-state index is 12.5. The van der Waals surface area contributed by atoms with Gasteiger partial charge in [-0.15, -0.1) is 0 Å². The van der Waals surface area contributed by atoms with Crippen LogP contribution in [0.2, 0.25) is 0 Å². The van der Waals surface area contributed by atoms with Gasteiger partial charge >= 0.3 is 0 Å². The zero-order chi connectivity index (χ0) is 17.6. The van der Waals surface area contributed by atoms with Gasteiger partial charge in [-0.05, 0) is 30.5 Å². The molecule has 1 aliphatic heterocycles. The molecule has 0 unspecified atom stereocenters. The lowest BCUT2D eigenvalue weighted by Gasteiger charge is -2.31. The predicted octanol–water partition coefficient (Wildman–Crippen LogP) is 0.691. The van der Waals surface area contributed by atoms with Crippen molar-refractivity contribution in [3.8, 4) is 0 Å². The van der Waals surface area contributed by atoms with Crippen molar-refractivity contribution in [3.05, 3.63) is 47.8 Å². The van der Waals surface area contributed by atoms with Crippen molar-refractivity contribution >= 4 is 17.5 Å². The number of benzene rings is 1. The van der Waals surface area contributed by atoms with Crippen molar-refractivity contribution < 1.29 is 9.69 Å². The van der Waals surface area contributed by atoms with E-state index < -0.39 is 0 Å². The molecule has 2 aromatic rings. The van der Waals surface area contributed by atoms with Crippen molar-refractivity contribution in [2.24, 2.45) is 0 Å². The van der Waals surface area contributed by atoms with E-state index in [1.807, 2.05) is 25.1 Å². The summed E-state index contributed by atoms with van der Waals surface area (Å²) in [5, 5.41) is 3.12. The van der Waals surface area contributed by atoms with Crippen LogP contribution in [0.1, 0.15) is 18.1 Å². The minimum Gasteiger partial charge on any atom is -0.330 e. The fourth-order valence-electron chi connectivity index (χ4n) is 3.27. The second-order valence-electron chi connectivity index (χ2n) is 6.47. The Morgan fingerprint density at radius 3 is 2.60 bits per heavy atom. The van der Waals surface area contributed by atoms with E-state index in [0.29, 0.717) is 6.54 Å². The highest BCUT2D eigenvalue weighted by molar-refractivity contribution is 5.93. The molecular weight excluding hydrogens is 314 g/mol. The normalized spacial score (nSPS) is 15.2. The van der Waals surface area contributed by atoms with E-state index in [-0.39, 0.29) is 5.91 Å². The van der Waals surface area contributed by atoms with Crippen LogP contribution < -0.4 is 15.1 Å². The highest BCUT2D eigenvalue weighted by Gasteiger charge is 2.23. The molecule has 0 saturated carbocycles. The average molecular weight is 340 g/mol. The quantitative estimate of drug-likeness (QED) is 0.841. The maximum Gasteiger partial charge on any atom is 0.279 e. The number of piperazine rings is 1. The monoisotopic (exact) mass is 340 g/mol. The molecular formula is C19H26N5O+. The van der Waals surface area contributed by atoms with Gasteiger partial charge < -0.3 is 15.1 Å². The molecule has 1 aliphatic rings. The van der Waals surface area contributed by atoms with Crippen molar-refractivity contribution in [2.45, 2.75) is 20.3 Å². The molecule has 3 rings (SSSR count). The third-order valence-electron chi connectivity index (χ3n) is 4.72. The number of aromatic nitrogens is 2. The summed E-state index contributed by atoms with van der Waals surface area (Å²) in [5.74, 6) is 0.863. The molecule has 1 amide bonds. The van der Waals surface area contributed by atoms with Gasteiger partial charge in [-0.1, -0.05) is 25.1 Å². The molecule has 2 heterocycles. The minimum absolute atomic E-state index is 0.0865. The van der Waals surface area contributed by atoms with Crippen molar-refractivity contribution in [1.82, 2.24) is 9.97 Å². The number of nitrogens with zero attached hydrogens (tertiary/aromatic N) is 3. The number of aryl methyl sites for hydroxylation is 2. The van der Waals surface area contributed by atoms with Gasteiger partial charge in [0.25, 0.3) is 5.91 Å². The Bertz CT molecular complexity index is 711. The summed E-state index contributed by atoms with van der Waals surface area (Å²) in [6, 6.07) is 7.99. The van der Waals surface area contributed by atoms with Crippen LogP contribution in [-0.2, 0) is 11.2 Å². The number of carbonyl (C=O) groups excluding carboxylic acids is 1. The van der Waals surface area contributed by atoms with Crippen LogP contribution in [0, 0.1) is 6.92 Å². The van der Waals surface area contributed by atoms with Gasteiger partial charge in [0.05, 0.1) is 26.2 Å². The van der Waals surface area contributed by atoms with Crippen molar-refractivity contribution in [3.63, 3.8) is 0 Å². The zero-order valence-electron chi connectivity index (χ0n) is 15.0. The van der Waals surface area contributed by atoms with E-state index in [1.165, 1.54) is 10.5 Å². The van der Waals surface area contributed by atoms with Crippen LogP contribution in [0.3, 0.4) is 0 Å². The van der Waals surface area contributed by atoms with Crippen LogP contribution in [0.4, 0.5) is 11.6 Å². The summed E-state index contributed by atoms with van der Waals surface area (Å²) in [4.78, 5) is 24.6. The first-order valence-electron chi connectivity index (χ1n) is 8.91. The standard InChI is InChI=1S/C19H25N5O/c1-3-16-7-4-6-15(2)18(16)22-17(25)14-23-10-12-24(13-11-23)19-20-8-5-9-21-19/h4-9H,3,10-14H2,1-2H3,(H,22,25)/p+1. The van der Waals surface area contributed by atoms with Gasteiger partial charge in [0.15, 0.2) is 6.54 Å². The number of anilines is 2. The largest absolute Gasteiger partial charge is 0.330 e. The van der Waals surface area contributed by atoms with E-state index >= 15 is 0 Å². The highest BCUT2D eigenvalue weighted by Crippen LogP contribution is 2.20. The number of hydrogen-bond acceptors (Lipinski definition) is 4. The molecule has 0 aliphatic carbocycles. The first-order valence-corrected chi connectivity index (χ1v) is 8.91. The van der Waals surface area contributed by atoms with Gasteiger partial charge in [-0.2, -0.15) is 0 Å². The van der Waals surface area contributed by atoms with Crippen molar-refractivity contribution in [2.75, 3.05) is 42.9 Å². The van der Waals surface area contributed by atoms with E-state index in [2.05, 4.69) is 33.2 Å². The number of para-hydroxylation sites is 1. The van der Waals surface area contributed by atoms with Gasteiger partial charge in [-0.25, -0.2) is 9.97 Å². The van der Waals surface area contributed by atoms with E-state index in [0.717, 1.165) is 49.8 Å². The fraction of sp³-hybridized carbons (Fsp3) is 0.421. The average Bonchev–Trinajstić information content (AvgIpc) is 2.65. The number of rotatable bonds is 5. The topological polar surface area (TPSA) is 62.6 Å². The number of amides is 1. The highest BCUT2D eigenvalue weighted by atomic mass is 16.2. The molecule has 1 aromatic carbocycles. The second-order valence-corrected chi connectivity index (χ2v) is 6.47. The molecule has 25 heavy (non-hydrogen) atoms. The summed E-state index contributed by atoms with van der Waals surface area (Å²) >= 11 is 0.